The number of esters is 1. The Morgan fingerprint density at radius 3 is 1.92 bits per heavy atom. The third-order valence-electron chi connectivity index (χ3n) is 8.75. The van der Waals surface area contributed by atoms with Crippen molar-refractivity contribution in [2.75, 3.05) is 20.2 Å². The minimum atomic E-state index is -0.665. The zero-order chi connectivity index (χ0) is 34.6. The maximum absolute atomic E-state index is 14.2. The molecule has 2 atom stereocenters. The lowest BCUT2D eigenvalue weighted by molar-refractivity contribution is -0.145. The minimum Gasteiger partial charge on any atom is -0.508 e. The van der Waals surface area contributed by atoms with Crippen LogP contribution in [0.1, 0.15) is 55.9 Å². The minimum absolute atomic E-state index is 0.0698. The Morgan fingerprint density at radius 1 is 0.771 bits per heavy atom. The van der Waals surface area contributed by atoms with Crippen LogP contribution in [0, 0.1) is 23.3 Å². The van der Waals surface area contributed by atoms with Crippen LogP contribution in [-0.4, -0.2) is 52.7 Å². The molecule has 0 aromatic heterocycles. The van der Waals surface area contributed by atoms with E-state index >= 15 is 0 Å². The number of hydrogen-bond donors (Lipinski definition) is 1. The summed E-state index contributed by atoms with van der Waals surface area (Å²) in [5.41, 5.74) is 1.79. The molecule has 0 aliphatic carbocycles. The van der Waals surface area contributed by atoms with Crippen molar-refractivity contribution in [3.63, 3.8) is 0 Å². The van der Waals surface area contributed by atoms with Gasteiger partial charge in [0, 0.05) is 31.0 Å². The van der Waals surface area contributed by atoms with E-state index in [1.54, 1.807) is 42.2 Å². The molecule has 48 heavy (non-hydrogen) atoms. The smallest absolute Gasteiger partial charge is 0.327 e. The van der Waals surface area contributed by atoms with Crippen LogP contribution in [0.4, 0.5) is 17.6 Å². The largest absolute Gasteiger partial charge is 0.508 e. The Morgan fingerprint density at radius 2 is 1.33 bits per heavy atom. The van der Waals surface area contributed by atoms with E-state index in [9.17, 15) is 27.5 Å². The van der Waals surface area contributed by atoms with Gasteiger partial charge in [0.2, 0.25) is 0 Å². The number of rotatable bonds is 7. The van der Waals surface area contributed by atoms with Gasteiger partial charge in [0.25, 0.3) is 0 Å². The summed E-state index contributed by atoms with van der Waals surface area (Å²) in [6, 6.07) is 23.1. The van der Waals surface area contributed by atoms with Crippen LogP contribution in [0.3, 0.4) is 0 Å². The van der Waals surface area contributed by atoms with E-state index in [4.69, 9.17) is 4.74 Å². The van der Waals surface area contributed by atoms with Crippen molar-refractivity contribution in [1.82, 2.24) is 10.0 Å². The number of benzene rings is 4. The summed E-state index contributed by atoms with van der Waals surface area (Å²) < 4.78 is 60.2. The lowest BCUT2D eigenvalue weighted by Crippen LogP contribution is -2.40. The lowest BCUT2D eigenvalue weighted by Gasteiger charge is -2.34. The topological polar surface area (TPSA) is 77.7 Å². The van der Waals surface area contributed by atoms with Crippen molar-refractivity contribution in [3.8, 4) is 5.75 Å². The number of halogens is 4. The van der Waals surface area contributed by atoms with Gasteiger partial charge in [-0.1, -0.05) is 42.5 Å². The highest BCUT2D eigenvalue weighted by Crippen LogP contribution is 2.40. The summed E-state index contributed by atoms with van der Waals surface area (Å²) in [6.07, 6.45) is 0.768. The fraction of sp³-hybridized carbons (Fsp3) is 0.270. The molecule has 11 heteroatoms. The first kappa shape index (κ1) is 34.2. The predicted molar refractivity (Wildman–Crippen MR) is 175 cm³/mol. The van der Waals surface area contributed by atoms with Gasteiger partial charge in [0.15, 0.2) is 0 Å². The molecule has 4 aromatic rings. The average molecular weight is 661 g/mol. The summed E-state index contributed by atoms with van der Waals surface area (Å²) in [7, 11) is 1.79. The molecule has 4 aromatic carbocycles. The van der Waals surface area contributed by atoms with Crippen molar-refractivity contribution >= 4 is 17.4 Å². The number of carbonyl (C=O) groups excluding carboxylic acids is 1. The highest BCUT2D eigenvalue weighted by molar-refractivity contribution is 6.03. The van der Waals surface area contributed by atoms with Crippen LogP contribution in [0.15, 0.2) is 101 Å². The molecule has 6 rings (SSSR count). The summed E-state index contributed by atoms with van der Waals surface area (Å²) in [6.45, 7) is 5.81. The maximum atomic E-state index is 14.2. The van der Waals surface area contributed by atoms with Gasteiger partial charge in [-0.2, -0.15) is 10.2 Å². The van der Waals surface area contributed by atoms with E-state index < -0.39 is 40.3 Å². The van der Waals surface area contributed by atoms with E-state index in [1.807, 2.05) is 50.2 Å². The summed E-state index contributed by atoms with van der Waals surface area (Å²) >= 11 is 0. The number of ether oxygens (including phenoxy) is 1. The number of aromatic hydroxyl groups is 1. The molecule has 1 N–H and O–H groups in total. The molecule has 2 unspecified atom stereocenters. The van der Waals surface area contributed by atoms with Crippen molar-refractivity contribution in [1.29, 1.82) is 0 Å². The highest BCUT2D eigenvalue weighted by atomic mass is 19.1. The van der Waals surface area contributed by atoms with Gasteiger partial charge in [0.05, 0.1) is 29.1 Å². The van der Waals surface area contributed by atoms with Crippen molar-refractivity contribution in [2.24, 2.45) is 10.2 Å². The molecule has 2 heterocycles. The molecule has 0 spiro atoms. The fourth-order valence-corrected chi connectivity index (χ4v) is 5.93. The van der Waals surface area contributed by atoms with Gasteiger partial charge < -0.3 is 9.84 Å². The molecular formula is C37H36F4N4O3. The first-order valence-corrected chi connectivity index (χ1v) is 15.4. The van der Waals surface area contributed by atoms with Gasteiger partial charge in [0.1, 0.15) is 35.6 Å². The number of carbonyl (C=O) groups is 1. The van der Waals surface area contributed by atoms with E-state index in [2.05, 4.69) is 10.2 Å². The maximum Gasteiger partial charge on any atom is 0.327 e. The number of hydrogen-bond acceptors (Lipinski definition) is 7. The molecule has 2 aliphatic heterocycles. The Bertz CT molecular complexity index is 1870. The second-order valence-corrected chi connectivity index (χ2v) is 12.0. The van der Waals surface area contributed by atoms with Gasteiger partial charge in [-0.3, -0.25) is 14.8 Å². The molecular weight excluding hydrogens is 624 g/mol. The Balaban J connectivity index is 0.000000190. The standard InChI is InChI=1S/C20H20F2N2O2.C17H16F2N2O/c1-3-26-19(25)13-24-20(2,14-7-5-4-6-8-14)12-18(23-24)16-11-15(21)9-10-17(16)22;1-17(11-4-3-5-13(22)8-11)10-16(20-21(17)2)14-9-12(18)6-7-15(14)19/h4-11H,3,12-13H2,1-2H3;3-9,22H,10H2,1-2H3. The molecule has 0 fully saturated rings. The number of phenolic OH excluding ortho intramolecular Hbond substituents is 1. The van der Waals surface area contributed by atoms with Crippen molar-refractivity contribution < 1.29 is 32.2 Å². The first-order chi connectivity index (χ1) is 22.8. The lowest BCUT2D eigenvalue weighted by atomic mass is 9.85. The van der Waals surface area contributed by atoms with Crippen molar-refractivity contribution in [3.05, 3.63) is 137 Å². The first-order valence-electron chi connectivity index (χ1n) is 15.4. The van der Waals surface area contributed by atoms with E-state index in [0.717, 1.165) is 47.5 Å². The quantitative estimate of drug-likeness (QED) is 0.164. The average Bonchev–Trinajstić information content (AvgIpc) is 3.56. The van der Waals surface area contributed by atoms with E-state index in [-0.39, 0.29) is 30.0 Å². The fourth-order valence-electron chi connectivity index (χ4n) is 5.93. The van der Waals surface area contributed by atoms with Crippen LogP contribution in [0.25, 0.3) is 0 Å². The molecule has 0 amide bonds. The zero-order valence-electron chi connectivity index (χ0n) is 27.1. The highest BCUT2D eigenvalue weighted by Gasteiger charge is 2.42. The Labute approximate surface area is 276 Å². The summed E-state index contributed by atoms with van der Waals surface area (Å²) in [5, 5.41) is 21.8. The zero-order valence-corrected chi connectivity index (χ0v) is 27.1. The SMILES string of the molecule is CCOC(=O)CN1N=C(c2cc(F)ccc2F)CC1(C)c1ccccc1.CN1N=C(c2cc(F)ccc2F)CC1(C)c1cccc(O)c1. The number of hydrazone groups is 2. The second-order valence-electron chi connectivity index (χ2n) is 12.0. The molecule has 0 radical (unpaired) electrons. The second kappa shape index (κ2) is 13.9. The molecule has 0 saturated carbocycles. The Kier molecular flexibility index (Phi) is 9.88. The molecule has 250 valence electrons. The van der Waals surface area contributed by atoms with Gasteiger partial charge >= 0.3 is 5.97 Å². The third kappa shape index (κ3) is 7.05. The van der Waals surface area contributed by atoms with Gasteiger partial charge in [-0.15, -0.1) is 0 Å². The predicted octanol–water partition coefficient (Wildman–Crippen LogP) is 7.48. The number of phenols is 1. The normalized spacial score (nSPS) is 20.2. The molecule has 7 nitrogen and oxygen atoms in total. The Hall–Kier alpha value is -5.19. The number of nitrogens with zero attached hydrogens (tertiary/aromatic N) is 4. The third-order valence-corrected chi connectivity index (χ3v) is 8.75. The van der Waals surface area contributed by atoms with Gasteiger partial charge in [-0.05, 0) is 80.4 Å². The molecule has 0 bridgehead atoms. The van der Waals surface area contributed by atoms with Crippen molar-refractivity contribution in [2.45, 2.75) is 44.7 Å². The van der Waals surface area contributed by atoms with Gasteiger partial charge in [-0.25, -0.2) is 17.6 Å². The summed E-state index contributed by atoms with van der Waals surface area (Å²) in [5.74, 6) is -2.31. The van der Waals surface area contributed by atoms with Crippen LogP contribution < -0.4 is 0 Å². The van der Waals surface area contributed by atoms with E-state index in [0.29, 0.717) is 24.3 Å². The van der Waals surface area contributed by atoms with E-state index in [1.165, 1.54) is 0 Å². The van der Waals surface area contributed by atoms with Crippen LogP contribution in [0.5, 0.6) is 5.75 Å². The molecule has 0 saturated heterocycles. The summed E-state index contributed by atoms with van der Waals surface area (Å²) in [4.78, 5) is 12.0. The molecule has 2 aliphatic rings. The monoisotopic (exact) mass is 660 g/mol. The van der Waals surface area contributed by atoms with Crippen LogP contribution >= 0.6 is 0 Å². The van der Waals surface area contributed by atoms with Crippen LogP contribution in [0.2, 0.25) is 0 Å². The van der Waals surface area contributed by atoms with Crippen LogP contribution in [-0.2, 0) is 20.6 Å².